The minimum Gasteiger partial charge on any atom is -0.324 e. The topological polar surface area (TPSA) is 78.7 Å². The summed E-state index contributed by atoms with van der Waals surface area (Å²) in [5.41, 5.74) is 7.56. The molecule has 1 spiro atoms. The summed E-state index contributed by atoms with van der Waals surface area (Å²) in [6.45, 7) is 2.67. The van der Waals surface area contributed by atoms with Crippen molar-refractivity contribution in [3.63, 3.8) is 0 Å². The van der Waals surface area contributed by atoms with Crippen molar-refractivity contribution in [3.05, 3.63) is 70.7 Å². The number of hydrogen-bond acceptors (Lipinski definition) is 4. The maximum atomic E-state index is 13.1. The molecule has 8 heteroatoms. The second-order valence-electron chi connectivity index (χ2n) is 8.18. The number of urea groups is 1. The van der Waals surface area contributed by atoms with E-state index in [1.54, 1.807) is 12.1 Å². The molecule has 2 fully saturated rings. The number of halogens is 2. The van der Waals surface area contributed by atoms with E-state index in [4.69, 9.17) is 17.3 Å². The zero-order valence-electron chi connectivity index (χ0n) is 17.3. The van der Waals surface area contributed by atoms with Gasteiger partial charge in [0.05, 0.1) is 6.54 Å². The lowest BCUT2D eigenvalue weighted by Crippen LogP contribution is -2.55. The van der Waals surface area contributed by atoms with E-state index in [2.05, 4.69) is 22.3 Å². The summed E-state index contributed by atoms with van der Waals surface area (Å²) < 4.78 is 0. The molecule has 3 amide bonds. The fraction of sp³-hybridized carbons (Fsp3) is 0.391. The predicted molar refractivity (Wildman–Crippen MR) is 124 cm³/mol. The number of carbonyl (C=O) groups excluding carboxylic acids is 2. The van der Waals surface area contributed by atoms with Crippen LogP contribution in [0.4, 0.5) is 4.79 Å². The molecule has 1 atom stereocenters. The summed E-state index contributed by atoms with van der Waals surface area (Å²) >= 11 is 5.92. The maximum Gasteiger partial charge on any atom is 0.325 e. The van der Waals surface area contributed by atoms with Gasteiger partial charge in [-0.25, -0.2) is 4.79 Å². The summed E-state index contributed by atoms with van der Waals surface area (Å²) in [5, 5.41) is 3.60. The number of imide groups is 1. The van der Waals surface area contributed by atoms with Gasteiger partial charge in [-0.3, -0.25) is 9.69 Å². The molecule has 4 rings (SSSR count). The van der Waals surface area contributed by atoms with Crippen molar-refractivity contribution in [1.29, 1.82) is 0 Å². The molecule has 3 N–H and O–H groups in total. The summed E-state index contributed by atoms with van der Waals surface area (Å²) in [6, 6.07) is 17.0. The van der Waals surface area contributed by atoms with E-state index in [9.17, 15) is 9.59 Å². The van der Waals surface area contributed by atoms with Gasteiger partial charge in [-0.05, 0) is 49.1 Å². The quantitative estimate of drug-likeness (QED) is 0.640. The van der Waals surface area contributed by atoms with E-state index in [1.807, 2.05) is 30.3 Å². The van der Waals surface area contributed by atoms with Crippen LogP contribution >= 0.6 is 24.0 Å². The van der Waals surface area contributed by atoms with E-state index in [1.165, 1.54) is 4.90 Å². The smallest absolute Gasteiger partial charge is 0.324 e. The molecule has 0 saturated carbocycles. The highest BCUT2D eigenvalue weighted by Crippen LogP contribution is 2.31. The van der Waals surface area contributed by atoms with Crippen molar-refractivity contribution in [3.8, 4) is 0 Å². The van der Waals surface area contributed by atoms with Gasteiger partial charge in [-0.2, -0.15) is 0 Å². The van der Waals surface area contributed by atoms with Gasteiger partial charge >= 0.3 is 6.03 Å². The van der Waals surface area contributed by atoms with Crippen molar-refractivity contribution in [2.24, 2.45) is 5.73 Å². The van der Waals surface area contributed by atoms with Gasteiger partial charge in [0.25, 0.3) is 5.91 Å². The van der Waals surface area contributed by atoms with E-state index < -0.39 is 5.54 Å². The molecule has 31 heavy (non-hydrogen) atoms. The van der Waals surface area contributed by atoms with Crippen LogP contribution in [0, 0.1) is 0 Å². The highest BCUT2D eigenvalue weighted by atomic mass is 35.5. The summed E-state index contributed by atoms with van der Waals surface area (Å²) in [7, 11) is 0. The number of amides is 3. The second kappa shape index (κ2) is 10.0. The van der Waals surface area contributed by atoms with E-state index in [0.717, 1.165) is 37.2 Å². The van der Waals surface area contributed by atoms with Crippen LogP contribution in [0.2, 0.25) is 5.02 Å². The van der Waals surface area contributed by atoms with E-state index >= 15 is 0 Å². The van der Waals surface area contributed by atoms with Gasteiger partial charge in [0.15, 0.2) is 0 Å². The van der Waals surface area contributed by atoms with Crippen molar-refractivity contribution in [1.82, 2.24) is 15.1 Å². The molecule has 0 radical (unpaired) electrons. The number of nitrogens with zero attached hydrogens (tertiary/aromatic N) is 2. The number of nitrogens with one attached hydrogen (secondary N) is 1. The number of rotatable bonds is 6. The molecule has 2 aromatic rings. The molecular weight excluding hydrogens is 435 g/mol. The molecule has 2 aromatic carbocycles. The van der Waals surface area contributed by atoms with Crippen molar-refractivity contribution in [2.75, 3.05) is 19.6 Å². The van der Waals surface area contributed by atoms with Crippen LogP contribution in [0.5, 0.6) is 0 Å². The third-order valence-electron chi connectivity index (χ3n) is 6.19. The van der Waals surface area contributed by atoms with Crippen molar-refractivity contribution in [2.45, 2.75) is 37.4 Å². The predicted octanol–water partition coefficient (Wildman–Crippen LogP) is 3.74. The van der Waals surface area contributed by atoms with Crippen LogP contribution in [0.25, 0.3) is 0 Å². The van der Waals surface area contributed by atoms with Crippen molar-refractivity contribution < 1.29 is 9.59 Å². The largest absolute Gasteiger partial charge is 0.325 e. The van der Waals surface area contributed by atoms with Gasteiger partial charge in [0.2, 0.25) is 0 Å². The number of benzene rings is 2. The van der Waals surface area contributed by atoms with Gasteiger partial charge in [0.1, 0.15) is 5.54 Å². The lowest BCUT2D eigenvalue weighted by Gasteiger charge is -2.37. The Morgan fingerprint density at radius 1 is 1.03 bits per heavy atom. The average molecular weight is 463 g/mol. The lowest BCUT2D eigenvalue weighted by atomic mass is 9.87. The molecule has 2 saturated heterocycles. The van der Waals surface area contributed by atoms with Gasteiger partial charge in [-0.1, -0.05) is 54.1 Å². The van der Waals surface area contributed by atoms with Crippen LogP contribution < -0.4 is 11.1 Å². The zero-order chi connectivity index (χ0) is 21.1. The van der Waals surface area contributed by atoms with E-state index in [0.29, 0.717) is 17.9 Å². The monoisotopic (exact) mass is 462 g/mol. The summed E-state index contributed by atoms with van der Waals surface area (Å²) in [6.07, 6.45) is 2.10. The van der Waals surface area contributed by atoms with Crippen LogP contribution in [0.15, 0.2) is 54.6 Å². The molecule has 2 heterocycles. The normalized spacial score (nSPS) is 19.2. The SMILES string of the molecule is Cl.N[C@@H](CCN1CCC2(CC1)NC(=O)N(Cc1ccc(Cl)cc1)C2=O)c1ccccc1. The first-order chi connectivity index (χ1) is 14.5. The first-order valence-electron chi connectivity index (χ1n) is 10.4. The summed E-state index contributed by atoms with van der Waals surface area (Å²) in [5.74, 6) is -0.122. The third-order valence-corrected chi connectivity index (χ3v) is 6.45. The Bertz CT molecular complexity index is 900. The number of piperidine rings is 1. The average Bonchev–Trinajstić information content (AvgIpc) is 2.99. The summed E-state index contributed by atoms with van der Waals surface area (Å²) in [4.78, 5) is 29.3. The van der Waals surface area contributed by atoms with Crippen LogP contribution in [-0.2, 0) is 11.3 Å². The van der Waals surface area contributed by atoms with Gasteiger partial charge < -0.3 is 16.0 Å². The fourth-order valence-electron chi connectivity index (χ4n) is 4.28. The molecule has 0 aromatic heterocycles. The number of carbonyl (C=O) groups is 2. The maximum absolute atomic E-state index is 13.1. The minimum absolute atomic E-state index is 0. The molecule has 0 unspecified atom stereocenters. The van der Waals surface area contributed by atoms with Crippen molar-refractivity contribution >= 4 is 35.9 Å². The molecule has 6 nitrogen and oxygen atoms in total. The Hall–Kier alpha value is -2.12. The molecule has 0 aliphatic carbocycles. The Labute approximate surface area is 194 Å². The van der Waals surface area contributed by atoms with Crippen LogP contribution in [0.1, 0.15) is 36.4 Å². The number of likely N-dealkylation sites (tertiary alicyclic amines) is 1. The number of hydrogen-bond donors (Lipinski definition) is 2. The first kappa shape index (κ1) is 23.5. The fourth-order valence-corrected chi connectivity index (χ4v) is 4.40. The van der Waals surface area contributed by atoms with E-state index in [-0.39, 0.29) is 36.9 Å². The lowest BCUT2D eigenvalue weighted by molar-refractivity contribution is -0.133. The highest BCUT2D eigenvalue weighted by molar-refractivity contribution is 6.30. The van der Waals surface area contributed by atoms with Crippen LogP contribution in [0.3, 0.4) is 0 Å². The standard InChI is InChI=1S/C23H27ClN4O2.ClH/c24-19-8-6-17(7-9-19)16-28-21(29)23(26-22(28)30)11-14-27(15-12-23)13-10-20(25)18-4-2-1-3-5-18;/h1-9,20H,10-16,25H2,(H,26,30);1H/t20-;/m0./s1. The Morgan fingerprint density at radius 2 is 1.68 bits per heavy atom. The zero-order valence-corrected chi connectivity index (χ0v) is 18.9. The molecule has 2 aliphatic heterocycles. The molecular formula is C23H28Cl2N4O2. The second-order valence-corrected chi connectivity index (χ2v) is 8.61. The van der Waals surface area contributed by atoms with Gasteiger partial charge in [0, 0.05) is 24.2 Å². The molecule has 2 aliphatic rings. The van der Waals surface area contributed by atoms with Crippen LogP contribution in [-0.4, -0.2) is 46.9 Å². The highest BCUT2D eigenvalue weighted by Gasteiger charge is 2.52. The number of nitrogens with two attached hydrogens (primary N) is 1. The molecule has 0 bridgehead atoms. The minimum atomic E-state index is -0.776. The Balaban J connectivity index is 0.00000272. The Morgan fingerprint density at radius 3 is 2.32 bits per heavy atom. The third kappa shape index (κ3) is 5.21. The Kier molecular flexibility index (Phi) is 7.59. The van der Waals surface area contributed by atoms with Gasteiger partial charge in [-0.15, -0.1) is 12.4 Å². The molecule has 166 valence electrons. The first-order valence-corrected chi connectivity index (χ1v) is 10.8.